The zero-order chi connectivity index (χ0) is 14.8. The number of nitrogens with one attached hydrogen (secondary N) is 1. The molecule has 6 heteroatoms. The Morgan fingerprint density at radius 2 is 2.05 bits per heavy atom. The number of rotatable bonds is 5. The van der Waals surface area contributed by atoms with Crippen LogP contribution in [-0.2, 0) is 18.4 Å². The highest BCUT2D eigenvalue weighted by atomic mass is 32.1. The summed E-state index contributed by atoms with van der Waals surface area (Å²) in [6.45, 7) is 11.6. The standard InChI is InChI=1S/C14H22N4S2/c1-9(2)6-11-15-7-10(19-11)8-16-13-17-12(18-20-13)14(3,4)5/h7,9H,6,8H2,1-5H3,(H,16,17,18). The molecule has 0 saturated heterocycles. The van der Waals surface area contributed by atoms with Crippen LogP contribution in [0.2, 0.25) is 0 Å². The van der Waals surface area contributed by atoms with Crippen molar-refractivity contribution in [2.24, 2.45) is 5.92 Å². The normalized spacial score (nSPS) is 12.1. The summed E-state index contributed by atoms with van der Waals surface area (Å²) in [6, 6.07) is 0. The van der Waals surface area contributed by atoms with Gasteiger partial charge in [-0.25, -0.2) is 9.97 Å². The van der Waals surface area contributed by atoms with Crippen LogP contribution in [0.15, 0.2) is 6.20 Å². The van der Waals surface area contributed by atoms with E-state index in [2.05, 4.69) is 54.3 Å². The molecule has 2 rings (SSSR count). The second-order valence-electron chi connectivity index (χ2n) is 6.34. The first kappa shape index (κ1) is 15.4. The third-order valence-electron chi connectivity index (χ3n) is 2.70. The smallest absolute Gasteiger partial charge is 0.202 e. The zero-order valence-electron chi connectivity index (χ0n) is 12.7. The van der Waals surface area contributed by atoms with Gasteiger partial charge in [0.15, 0.2) is 0 Å². The second kappa shape index (κ2) is 6.18. The molecule has 1 N–H and O–H groups in total. The topological polar surface area (TPSA) is 50.7 Å². The highest BCUT2D eigenvalue weighted by Gasteiger charge is 2.19. The van der Waals surface area contributed by atoms with Gasteiger partial charge in [-0.05, 0) is 5.92 Å². The SMILES string of the molecule is CC(C)Cc1ncc(CNc2nc(C(C)(C)C)ns2)s1. The van der Waals surface area contributed by atoms with E-state index in [1.54, 1.807) is 11.3 Å². The largest absolute Gasteiger partial charge is 0.355 e. The average molecular weight is 310 g/mol. The lowest BCUT2D eigenvalue weighted by molar-refractivity contribution is 0.555. The lowest BCUT2D eigenvalue weighted by Gasteiger charge is -2.12. The average Bonchev–Trinajstić information content (AvgIpc) is 2.93. The van der Waals surface area contributed by atoms with Gasteiger partial charge in [0, 0.05) is 34.4 Å². The van der Waals surface area contributed by atoms with E-state index < -0.39 is 0 Å². The van der Waals surface area contributed by atoms with E-state index in [4.69, 9.17) is 0 Å². The lowest BCUT2D eigenvalue weighted by Crippen LogP contribution is -2.13. The molecule has 4 nitrogen and oxygen atoms in total. The van der Waals surface area contributed by atoms with Crippen LogP contribution in [0.4, 0.5) is 5.13 Å². The molecule has 0 spiro atoms. The van der Waals surface area contributed by atoms with Crippen LogP contribution in [-0.4, -0.2) is 14.3 Å². The van der Waals surface area contributed by atoms with Crippen LogP contribution < -0.4 is 5.32 Å². The number of nitrogens with zero attached hydrogens (tertiary/aromatic N) is 3. The molecule has 20 heavy (non-hydrogen) atoms. The molecule has 0 radical (unpaired) electrons. The van der Waals surface area contributed by atoms with E-state index in [9.17, 15) is 0 Å². The van der Waals surface area contributed by atoms with Crippen LogP contribution >= 0.6 is 22.9 Å². The molecule has 2 heterocycles. The van der Waals surface area contributed by atoms with Crippen LogP contribution in [0, 0.1) is 5.92 Å². The maximum atomic E-state index is 4.53. The zero-order valence-corrected chi connectivity index (χ0v) is 14.4. The number of hydrogen-bond acceptors (Lipinski definition) is 6. The predicted molar refractivity (Wildman–Crippen MR) is 86.6 cm³/mol. The molecule has 0 aliphatic carbocycles. The highest BCUT2D eigenvalue weighted by Crippen LogP contribution is 2.24. The molecule has 0 unspecified atom stereocenters. The predicted octanol–water partition coefficient (Wildman–Crippen LogP) is 4.10. The number of aromatic nitrogens is 3. The molecular weight excluding hydrogens is 288 g/mol. The van der Waals surface area contributed by atoms with Gasteiger partial charge in [0.25, 0.3) is 0 Å². The minimum absolute atomic E-state index is 0.00531. The van der Waals surface area contributed by atoms with Gasteiger partial charge < -0.3 is 5.32 Å². The first-order chi connectivity index (χ1) is 9.34. The van der Waals surface area contributed by atoms with Gasteiger partial charge in [-0.1, -0.05) is 34.6 Å². The van der Waals surface area contributed by atoms with Gasteiger partial charge in [-0.3, -0.25) is 0 Å². The van der Waals surface area contributed by atoms with Crippen LogP contribution in [0.25, 0.3) is 0 Å². The summed E-state index contributed by atoms with van der Waals surface area (Å²) in [5.41, 5.74) is 0.00531. The third-order valence-corrected chi connectivity index (χ3v) is 4.39. The molecular formula is C14H22N4S2. The van der Waals surface area contributed by atoms with Crippen molar-refractivity contribution in [3.8, 4) is 0 Å². The lowest BCUT2D eigenvalue weighted by atomic mass is 9.96. The summed E-state index contributed by atoms with van der Waals surface area (Å²) in [5.74, 6) is 1.55. The Kier molecular flexibility index (Phi) is 4.75. The van der Waals surface area contributed by atoms with E-state index in [1.165, 1.54) is 21.4 Å². The molecule has 0 aliphatic rings. The van der Waals surface area contributed by atoms with Gasteiger partial charge in [0.05, 0.1) is 11.6 Å². The van der Waals surface area contributed by atoms with Crippen LogP contribution in [0.1, 0.15) is 50.3 Å². The van der Waals surface area contributed by atoms with Gasteiger partial charge in [-0.2, -0.15) is 4.37 Å². The van der Waals surface area contributed by atoms with Crippen molar-refractivity contribution in [2.75, 3.05) is 5.32 Å². The molecule has 2 aromatic rings. The van der Waals surface area contributed by atoms with E-state index in [0.717, 1.165) is 23.9 Å². The molecule has 0 aromatic carbocycles. The van der Waals surface area contributed by atoms with E-state index in [0.29, 0.717) is 5.92 Å². The Bertz CT molecular complexity index is 552. The number of thiazole rings is 1. The van der Waals surface area contributed by atoms with Crippen LogP contribution in [0.5, 0.6) is 0 Å². The Labute approximate surface area is 128 Å². The quantitative estimate of drug-likeness (QED) is 0.903. The Hall–Kier alpha value is -1.01. The Morgan fingerprint density at radius 3 is 2.65 bits per heavy atom. The fourth-order valence-corrected chi connectivity index (χ4v) is 3.46. The van der Waals surface area contributed by atoms with Gasteiger partial charge in [0.1, 0.15) is 5.82 Å². The monoisotopic (exact) mass is 310 g/mol. The molecule has 0 atom stereocenters. The molecule has 0 fully saturated rings. The van der Waals surface area contributed by atoms with Crippen molar-refractivity contribution in [3.05, 3.63) is 21.9 Å². The minimum Gasteiger partial charge on any atom is -0.355 e. The van der Waals surface area contributed by atoms with Crippen molar-refractivity contribution in [3.63, 3.8) is 0 Å². The number of anilines is 1. The third kappa shape index (κ3) is 4.24. The maximum absolute atomic E-state index is 4.53. The Morgan fingerprint density at radius 1 is 1.30 bits per heavy atom. The van der Waals surface area contributed by atoms with Crippen molar-refractivity contribution in [2.45, 2.75) is 53.0 Å². The first-order valence-corrected chi connectivity index (χ1v) is 8.45. The molecule has 0 bridgehead atoms. The molecule has 0 amide bonds. The van der Waals surface area contributed by atoms with Gasteiger partial charge in [0.2, 0.25) is 5.13 Å². The van der Waals surface area contributed by atoms with E-state index >= 15 is 0 Å². The molecule has 0 aliphatic heterocycles. The van der Waals surface area contributed by atoms with Crippen molar-refractivity contribution in [1.29, 1.82) is 0 Å². The minimum atomic E-state index is 0.00531. The summed E-state index contributed by atoms with van der Waals surface area (Å²) in [4.78, 5) is 10.2. The van der Waals surface area contributed by atoms with Crippen LogP contribution in [0.3, 0.4) is 0 Å². The van der Waals surface area contributed by atoms with Crippen molar-refractivity contribution >= 4 is 28.0 Å². The highest BCUT2D eigenvalue weighted by molar-refractivity contribution is 7.11. The van der Waals surface area contributed by atoms with Gasteiger partial charge >= 0.3 is 0 Å². The van der Waals surface area contributed by atoms with Gasteiger partial charge in [-0.15, -0.1) is 11.3 Å². The first-order valence-electron chi connectivity index (χ1n) is 6.86. The summed E-state index contributed by atoms with van der Waals surface area (Å²) in [7, 11) is 0. The molecule has 2 aromatic heterocycles. The summed E-state index contributed by atoms with van der Waals surface area (Å²) in [6.07, 6.45) is 3.01. The summed E-state index contributed by atoms with van der Waals surface area (Å²) in [5, 5.41) is 5.43. The Balaban J connectivity index is 1.92. The number of hydrogen-bond donors (Lipinski definition) is 1. The fourth-order valence-electron chi connectivity index (χ4n) is 1.64. The fraction of sp³-hybridized carbons (Fsp3) is 0.643. The van der Waals surface area contributed by atoms with E-state index in [1.807, 2.05) is 6.20 Å². The maximum Gasteiger partial charge on any atom is 0.202 e. The molecule has 110 valence electrons. The van der Waals surface area contributed by atoms with Crippen molar-refractivity contribution in [1.82, 2.24) is 14.3 Å². The molecule has 0 saturated carbocycles. The summed E-state index contributed by atoms with van der Waals surface area (Å²) < 4.78 is 4.40. The van der Waals surface area contributed by atoms with E-state index in [-0.39, 0.29) is 5.41 Å². The second-order valence-corrected chi connectivity index (χ2v) is 8.30. The van der Waals surface area contributed by atoms with Crippen molar-refractivity contribution < 1.29 is 0 Å². The summed E-state index contributed by atoms with van der Waals surface area (Å²) >= 11 is 3.20.